The second kappa shape index (κ2) is 10.9. The number of benzene rings is 1. The van der Waals surface area contributed by atoms with Crippen LogP contribution >= 0.6 is 0 Å². The average Bonchev–Trinajstić information content (AvgIpc) is 3.73. The van der Waals surface area contributed by atoms with Crippen LogP contribution in [0.4, 0.5) is 0 Å². The van der Waals surface area contributed by atoms with E-state index in [1.165, 1.54) is 6.42 Å². The summed E-state index contributed by atoms with van der Waals surface area (Å²) in [6.07, 6.45) is 10.7. The lowest BCUT2D eigenvalue weighted by Crippen LogP contribution is -2.49. The van der Waals surface area contributed by atoms with E-state index in [4.69, 9.17) is 4.74 Å². The van der Waals surface area contributed by atoms with Gasteiger partial charge >= 0.3 is 0 Å². The third kappa shape index (κ3) is 5.48. The van der Waals surface area contributed by atoms with Gasteiger partial charge in [-0.25, -0.2) is 0 Å². The Morgan fingerprint density at radius 2 is 1.64 bits per heavy atom. The SMILES string of the molecule is COc1ccccc1CN1CCN(C(=O)c2cn(C3CCCCC3)cc(C(=O)NC3CC3)c2=O)CC1. The van der Waals surface area contributed by atoms with Crippen LogP contribution in [-0.2, 0) is 6.54 Å². The van der Waals surface area contributed by atoms with Gasteiger partial charge in [0.05, 0.1) is 7.11 Å². The first kappa shape index (κ1) is 24.6. The first-order chi connectivity index (χ1) is 17.5. The van der Waals surface area contributed by atoms with E-state index in [1.54, 1.807) is 24.4 Å². The molecule has 0 bridgehead atoms. The highest BCUT2D eigenvalue weighted by Gasteiger charge is 2.30. The number of para-hydroxylation sites is 1. The Balaban J connectivity index is 1.33. The molecule has 1 aromatic carbocycles. The summed E-state index contributed by atoms with van der Waals surface area (Å²) in [5.41, 5.74) is 0.863. The van der Waals surface area contributed by atoms with Gasteiger partial charge in [0.15, 0.2) is 0 Å². The number of piperazine rings is 1. The molecule has 5 rings (SSSR count). The zero-order valence-electron chi connectivity index (χ0n) is 21.1. The van der Waals surface area contributed by atoms with Crippen LogP contribution in [0, 0.1) is 0 Å². The molecule has 3 aliphatic rings. The minimum atomic E-state index is -0.457. The molecule has 2 heterocycles. The van der Waals surface area contributed by atoms with Gasteiger partial charge in [-0.2, -0.15) is 0 Å². The van der Waals surface area contributed by atoms with Gasteiger partial charge in [0.1, 0.15) is 16.9 Å². The molecule has 2 saturated carbocycles. The molecule has 36 heavy (non-hydrogen) atoms. The lowest BCUT2D eigenvalue weighted by atomic mass is 9.95. The number of rotatable bonds is 7. The fraction of sp³-hybridized carbons (Fsp3) is 0.536. The van der Waals surface area contributed by atoms with E-state index in [-0.39, 0.29) is 35.0 Å². The van der Waals surface area contributed by atoms with E-state index in [0.717, 1.165) is 56.4 Å². The summed E-state index contributed by atoms with van der Waals surface area (Å²) in [6, 6.07) is 8.34. The van der Waals surface area contributed by atoms with E-state index in [1.807, 2.05) is 22.8 Å². The van der Waals surface area contributed by atoms with Crippen molar-refractivity contribution in [3.8, 4) is 5.75 Å². The molecule has 1 saturated heterocycles. The number of hydrogen-bond donors (Lipinski definition) is 1. The third-order valence-electron chi connectivity index (χ3n) is 7.68. The monoisotopic (exact) mass is 492 g/mol. The first-order valence-corrected chi connectivity index (χ1v) is 13.2. The molecule has 1 N–H and O–H groups in total. The molecule has 2 aliphatic carbocycles. The molecule has 0 unspecified atom stereocenters. The number of nitrogens with zero attached hydrogens (tertiary/aromatic N) is 3. The van der Waals surface area contributed by atoms with E-state index < -0.39 is 5.43 Å². The molecule has 1 aromatic heterocycles. The van der Waals surface area contributed by atoms with Crippen molar-refractivity contribution in [3.63, 3.8) is 0 Å². The van der Waals surface area contributed by atoms with Crippen molar-refractivity contribution in [3.05, 3.63) is 63.6 Å². The molecule has 2 aromatic rings. The van der Waals surface area contributed by atoms with Gasteiger partial charge in [0.2, 0.25) is 5.43 Å². The van der Waals surface area contributed by atoms with Crippen molar-refractivity contribution in [2.45, 2.75) is 63.6 Å². The quantitative estimate of drug-likeness (QED) is 0.642. The lowest BCUT2D eigenvalue weighted by molar-refractivity contribution is 0.0625. The summed E-state index contributed by atoms with van der Waals surface area (Å²) < 4.78 is 7.44. The summed E-state index contributed by atoms with van der Waals surface area (Å²) in [4.78, 5) is 43.9. The standard InChI is InChI=1S/C28H36N4O4/c1-36-25-10-6-5-7-20(25)17-30-13-15-31(16-14-30)28(35)24-19-32(22-8-3-2-4-9-22)18-23(26(24)33)27(34)29-21-11-12-21/h5-7,10,18-19,21-22H,2-4,8-9,11-17H2,1H3,(H,29,34). The first-order valence-electron chi connectivity index (χ1n) is 13.2. The van der Waals surface area contributed by atoms with Crippen LogP contribution in [0.25, 0.3) is 0 Å². The summed E-state index contributed by atoms with van der Waals surface area (Å²) in [5, 5.41) is 2.93. The predicted molar refractivity (Wildman–Crippen MR) is 137 cm³/mol. The number of methoxy groups -OCH3 is 1. The van der Waals surface area contributed by atoms with E-state index in [9.17, 15) is 14.4 Å². The molecule has 3 fully saturated rings. The van der Waals surface area contributed by atoms with Gasteiger partial charge in [-0.15, -0.1) is 0 Å². The molecular weight excluding hydrogens is 456 g/mol. The summed E-state index contributed by atoms with van der Waals surface area (Å²) in [5.74, 6) is 0.228. The van der Waals surface area contributed by atoms with Gasteiger partial charge in [0.25, 0.3) is 11.8 Å². The van der Waals surface area contributed by atoms with Crippen LogP contribution in [0.3, 0.4) is 0 Å². The van der Waals surface area contributed by atoms with Crippen LogP contribution in [0.15, 0.2) is 41.5 Å². The van der Waals surface area contributed by atoms with Crippen molar-refractivity contribution in [2.75, 3.05) is 33.3 Å². The Hall–Kier alpha value is -3.13. The van der Waals surface area contributed by atoms with Gasteiger partial charge in [-0.05, 0) is 31.7 Å². The lowest BCUT2D eigenvalue weighted by Gasteiger charge is -2.35. The maximum atomic E-state index is 13.6. The van der Waals surface area contributed by atoms with Gasteiger partial charge in [-0.3, -0.25) is 19.3 Å². The molecule has 8 nitrogen and oxygen atoms in total. The third-order valence-corrected chi connectivity index (χ3v) is 7.68. The minimum Gasteiger partial charge on any atom is -0.496 e. The normalized spacial score (nSPS) is 19.2. The number of ether oxygens (including phenoxy) is 1. The molecule has 2 amide bonds. The number of carbonyl (C=O) groups excluding carboxylic acids is 2. The van der Waals surface area contributed by atoms with Crippen LogP contribution < -0.4 is 15.5 Å². The van der Waals surface area contributed by atoms with E-state index >= 15 is 0 Å². The molecule has 0 atom stereocenters. The van der Waals surface area contributed by atoms with Crippen molar-refractivity contribution in [1.29, 1.82) is 0 Å². The predicted octanol–water partition coefficient (Wildman–Crippen LogP) is 3.21. The molecule has 1 aliphatic heterocycles. The second-order valence-corrected chi connectivity index (χ2v) is 10.3. The number of pyridine rings is 1. The van der Waals surface area contributed by atoms with Crippen molar-refractivity contribution in [1.82, 2.24) is 19.7 Å². The van der Waals surface area contributed by atoms with Crippen molar-refractivity contribution in [2.24, 2.45) is 0 Å². The van der Waals surface area contributed by atoms with Crippen LogP contribution in [-0.4, -0.2) is 65.5 Å². The summed E-state index contributed by atoms with van der Waals surface area (Å²) in [7, 11) is 1.68. The zero-order chi connectivity index (χ0) is 25.1. The Labute approximate surface area is 212 Å². The van der Waals surface area contributed by atoms with Crippen LogP contribution in [0.5, 0.6) is 5.75 Å². The second-order valence-electron chi connectivity index (χ2n) is 10.3. The Bertz CT molecular complexity index is 1160. The molecule has 0 spiro atoms. The highest BCUT2D eigenvalue weighted by molar-refractivity contribution is 5.99. The molecular formula is C28H36N4O4. The van der Waals surface area contributed by atoms with Gasteiger partial charge < -0.3 is 19.5 Å². The Morgan fingerprint density at radius 1 is 0.944 bits per heavy atom. The van der Waals surface area contributed by atoms with E-state index in [2.05, 4.69) is 16.3 Å². The summed E-state index contributed by atoms with van der Waals surface area (Å²) >= 11 is 0. The number of nitrogens with one attached hydrogen (secondary N) is 1. The van der Waals surface area contributed by atoms with Gasteiger partial charge in [0, 0.05) is 62.8 Å². The topological polar surface area (TPSA) is 83.9 Å². The molecule has 8 heteroatoms. The Morgan fingerprint density at radius 3 is 2.33 bits per heavy atom. The largest absolute Gasteiger partial charge is 0.496 e. The van der Waals surface area contributed by atoms with Crippen molar-refractivity contribution >= 4 is 11.8 Å². The fourth-order valence-electron chi connectivity index (χ4n) is 5.35. The maximum absolute atomic E-state index is 13.6. The molecule has 192 valence electrons. The number of amides is 2. The average molecular weight is 493 g/mol. The summed E-state index contributed by atoms with van der Waals surface area (Å²) in [6.45, 7) is 3.24. The van der Waals surface area contributed by atoms with Crippen LogP contribution in [0.2, 0.25) is 0 Å². The minimum absolute atomic E-state index is 0.0909. The van der Waals surface area contributed by atoms with E-state index in [0.29, 0.717) is 26.2 Å². The molecule has 0 radical (unpaired) electrons. The van der Waals surface area contributed by atoms with Crippen molar-refractivity contribution < 1.29 is 14.3 Å². The van der Waals surface area contributed by atoms with Gasteiger partial charge in [-0.1, -0.05) is 37.5 Å². The smallest absolute Gasteiger partial charge is 0.259 e. The number of hydrogen-bond acceptors (Lipinski definition) is 5. The highest BCUT2D eigenvalue weighted by atomic mass is 16.5. The number of carbonyl (C=O) groups is 2. The maximum Gasteiger partial charge on any atom is 0.259 e. The zero-order valence-corrected chi connectivity index (χ0v) is 21.1. The Kier molecular flexibility index (Phi) is 7.41. The van der Waals surface area contributed by atoms with Crippen LogP contribution in [0.1, 0.15) is 77.3 Å². The fourth-order valence-corrected chi connectivity index (χ4v) is 5.35. The highest BCUT2D eigenvalue weighted by Crippen LogP contribution is 2.28. The number of aromatic nitrogens is 1.